The van der Waals surface area contributed by atoms with Gasteiger partial charge in [-0.15, -0.1) is 0 Å². The molecule has 132 valence electrons. The van der Waals surface area contributed by atoms with Crippen LogP contribution in [0.2, 0.25) is 0 Å². The molecule has 1 aliphatic rings. The standard InChI is InChI=1S/C17H24N2O5/c1-11(2)16(18-17(22)19(3)7-6-15(20)21)12-4-5-13-14(10-12)24-9-8-23-13/h4-5,10-11,16H,6-9H2,1-3H3,(H,18,22)(H,20,21). The Labute approximate surface area is 141 Å². The molecule has 1 aromatic carbocycles. The molecule has 0 spiro atoms. The Morgan fingerprint density at radius 2 is 1.92 bits per heavy atom. The Morgan fingerprint density at radius 3 is 2.54 bits per heavy atom. The molecule has 1 atom stereocenters. The van der Waals surface area contributed by atoms with Crippen molar-refractivity contribution < 1.29 is 24.2 Å². The third-order valence-corrected chi connectivity index (χ3v) is 3.88. The number of fused-ring (bicyclic) bond motifs is 1. The molecule has 7 heteroatoms. The van der Waals surface area contributed by atoms with Crippen LogP contribution in [0, 0.1) is 5.92 Å². The maximum atomic E-state index is 12.3. The number of carbonyl (C=O) groups excluding carboxylic acids is 1. The lowest BCUT2D eigenvalue weighted by molar-refractivity contribution is -0.137. The number of nitrogens with zero attached hydrogens (tertiary/aromatic N) is 1. The Balaban J connectivity index is 2.09. The molecule has 0 fully saturated rings. The van der Waals surface area contributed by atoms with Crippen molar-refractivity contribution in [1.82, 2.24) is 10.2 Å². The lowest BCUT2D eigenvalue weighted by atomic mass is 9.95. The van der Waals surface area contributed by atoms with Gasteiger partial charge in [-0.2, -0.15) is 0 Å². The fourth-order valence-corrected chi connectivity index (χ4v) is 2.50. The number of rotatable bonds is 6. The van der Waals surface area contributed by atoms with Gasteiger partial charge in [0.15, 0.2) is 11.5 Å². The molecule has 0 saturated carbocycles. The zero-order valence-electron chi connectivity index (χ0n) is 14.2. The summed E-state index contributed by atoms with van der Waals surface area (Å²) in [4.78, 5) is 24.3. The van der Waals surface area contributed by atoms with Gasteiger partial charge in [0.05, 0.1) is 12.5 Å². The van der Waals surface area contributed by atoms with E-state index in [0.717, 1.165) is 5.56 Å². The van der Waals surface area contributed by atoms with E-state index in [-0.39, 0.29) is 31.0 Å². The first kappa shape index (κ1) is 17.9. The second-order valence-corrected chi connectivity index (χ2v) is 6.14. The number of benzene rings is 1. The number of carboxylic acids is 1. The van der Waals surface area contributed by atoms with Crippen molar-refractivity contribution in [3.8, 4) is 11.5 Å². The van der Waals surface area contributed by atoms with Crippen LogP contribution in [0.5, 0.6) is 11.5 Å². The van der Waals surface area contributed by atoms with Gasteiger partial charge in [0, 0.05) is 13.6 Å². The number of hydrogen-bond donors (Lipinski definition) is 2. The first-order chi connectivity index (χ1) is 11.4. The van der Waals surface area contributed by atoms with E-state index in [9.17, 15) is 9.59 Å². The third kappa shape index (κ3) is 4.53. The van der Waals surface area contributed by atoms with Crippen molar-refractivity contribution in [3.63, 3.8) is 0 Å². The molecule has 0 aliphatic carbocycles. The van der Waals surface area contributed by atoms with Crippen molar-refractivity contribution in [1.29, 1.82) is 0 Å². The number of ether oxygens (including phenoxy) is 2. The minimum atomic E-state index is -0.929. The zero-order chi connectivity index (χ0) is 17.7. The lowest BCUT2D eigenvalue weighted by Gasteiger charge is -2.27. The molecular weight excluding hydrogens is 312 g/mol. The van der Waals surface area contributed by atoms with E-state index in [0.29, 0.717) is 24.7 Å². The van der Waals surface area contributed by atoms with E-state index in [4.69, 9.17) is 14.6 Å². The van der Waals surface area contributed by atoms with Crippen molar-refractivity contribution in [2.45, 2.75) is 26.3 Å². The highest BCUT2D eigenvalue weighted by molar-refractivity contribution is 5.75. The minimum Gasteiger partial charge on any atom is -0.486 e. The van der Waals surface area contributed by atoms with Gasteiger partial charge in [-0.3, -0.25) is 4.79 Å². The summed E-state index contributed by atoms with van der Waals surface area (Å²) in [7, 11) is 1.58. The highest BCUT2D eigenvalue weighted by atomic mass is 16.6. The summed E-state index contributed by atoms with van der Waals surface area (Å²) < 4.78 is 11.1. The Morgan fingerprint density at radius 1 is 1.25 bits per heavy atom. The van der Waals surface area contributed by atoms with Gasteiger partial charge < -0.3 is 24.8 Å². The lowest BCUT2D eigenvalue weighted by Crippen LogP contribution is -2.41. The molecule has 1 heterocycles. The number of urea groups is 1. The van der Waals surface area contributed by atoms with Gasteiger partial charge in [-0.25, -0.2) is 4.79 Å². The largest absolute Gasteiger partial charge is 0.486 e. The van der Waals surface area contributed by atoms with Gasteiger partial charge in [0.2, 0.25) is 0 Å². The van der Waals surface area contributed by atoms with Gasteiger partial charge >= 0.3 is 12.0 Å². The van der Waals surface area contributed by atoms with Crippen molar-refractivity contribution >= 4 is 12.0 Å². The summed E-state index contributed by atoms with van der Waals surface area (Å²) in [5.41, 5.74) is 0.925. The van der Waals surface area contributed by atoms with Gasteiger partial charge in [0.25, 0.3) is 0 Å². The first-order valence-electron chi connectivity index (χ1n) is 8.01. The average molecular weight is 336 g/mol. The third-order valence-electron chi connectivity index (χ3n) is 3.88. The number of hydrogen-bond acceptors (Lipinski definition) is 4. The fourth-order valence-electron chi connectivity index (χ4n) is 2.50. The highest BCUT2D eigenvalue weighted by Gasteiger charge is 2.23. The van der Waals surface area contributed by atoms with E-state index in [1.807, 2.05) is 32.0 Å². The molecule has 0 saturated heterocycles. The summed E-state index contributed by atoms with van der Waals surface area (Å²) in [6, 6.07) is 5.14. The van der Waals surface area contributed by atoms with Crippen LogP contribution in [0.4, 0.5) is 4.79 Å². The molecule has 1 aromatic rings. The van der Waals surface area contributed by atoms with E-state index >= 15 is 0 Å². The zero-order valence-corrected chi connectivity index (χ0v) is 14.2. The van der Waals surface area contributed by atoms with E-state index in [1.165, 1.54) is 4.90 Å². The van der Waals surface area contributed by atoms with Crippen LogP contribution in [-0.4, -0.2) is 48.8 Å². The average Bonchev–Trinajstić information content (AvgIpc) is 2.56. The summed E-state index contributed by atoms with van der Waals surface area (Å²) in [6.45, 7) is 5.23. The number of nitrogens with one attached hydrogen (secondary N) is 1. The molecule has 2 N–H and O–H groups in total. The molecule has 2 amide bonds. The van der Waals surface area contributed by atoms with Crippen molar-refractivity contribution in [2.75, 3.05) is 26.8 Å². The number of carbonyl (C=O) groups is 2. The molecule has 24 heavy (non-hydrogen) atoms. The number of amides is 2. The Kier molecular flexibility index (Phi) is 5.89. The quantitative estimate of drug-likeness (QED) is 0.832. The second kappa shape index (κ2) is 7.90. The normalized spacial score (nSPS) is 14.2. The van der Waals surface area contributed by atoms with Crippen LogP contribution in [0.25, 0.3) is 0 Å². The summed E-state index contributed by atoms with van der Waals surface area (Å²) >= 11 is 0. The number of aliphatic carboxylic acids is 1. The maximum absolute atomic E-state index is 12.3. The van der Waals surface area contributed by atoms with Crippen molar-refractivity contribution in [3.05, 3.63) is 23.8 Å². The molecule has 1 aliphatic heterocycles. The summed E-state index contributed by atoms with van der Waals surface area (Å²) in [5.74, 6) is 0.613. The molecule has 2 rings (SSSR count). The highest BCUT2D eigenvalue weighted by Crippen LogP contribution is 2.34. The SMILES string of the molecule is CC(C)C(NC(=O)N(C)CCC(=O)O)c1ccc2c(c1)OCCO2. The molecule has 7 nitrogen and oxygen atoms in total. The van der Waals surface area contributed by atoms with Crippen LogP contribution in [0.15, 0.2) is 18.2 Å². The maximum Gasteiger partial charge on any atom is 0.317 e. The van der Waals surface area contributed by atoms with Gasteiger partial charge in [-0.1, -0.05) is 19.9 Å². The smallest absolute Gasteiger partial charge is 0.317 e. The molecule has 1 unspecified atom stereocenters. The topological polar surface area (TPSA) is 88.1 Å². The monoisotopic (exact) mass is 336 g/mol. The molecular formula is C17H24N2O5. The summed E-state index contributed by atoms with van der Waals surface area (Å²) in [6.07, 6.45) is -0.0830. The van der Waals surface area contributed by atoms with E-state index in [2.05, 4.69) is 5.32 Å². The molecule has 0 aromatic heterocycles. The van der Waals surface area contributed by atoms with Crippen LogP contribution in [0.1, 0.15) is 31.9 Å². The van der Waals surface area contributed by atoms with Gasteiger partial charge in [0.1, 0.15) is 13.2 Å². The molecule has 0 bridgehead atoms. The van der Waals surface area contributed by atoms with Crippen LogP contribution in [0.3, 0.4) is 0 Å². The minimum absolute atomic E-state index is 0.0830. The van der Waals surface area contributed by atoms with Crippen LogP contribution < -0.4 is 14.8 Å². The fraction of sp³-hybridized carbons (Fsp3) is 0.529. The Bertz CT molecular complexity index is 603. The van der Waals surface area contributed by atoms with E-state index < -0.39 is 5.97 Å². The predicted octanol–water partition coefficient (Wildman–Crippen LogP) is 2.27. The van der Waals surface area contributed by atoms with Crippen LogP contribution in [-0.2, 0) is 4.79 Å². The van der Waals surface area contributed by atoms with Gasteiger partial charge in [-0.05, 0) is 23.6 Å². The number of carboxylic acid groups (broad SMARTS) is 1. The van der Waals surface area contributed by atoms with E-state index in [1.54, 1.807) is 7.05 Å². The summed E-state index contributed by atoms with van der Waals surface area (Å²) in [5, 5.41) is 11.7. The molecule has 0 radical (unpaired) electrons. The van der Waals surface area contributed by atoms with Crippen molar-refractivity contribution in [2.24, 2.45) is 5.92 Å². The predicted molar refractivity (Wildman–Crippen MR) is 88.4 cm³/mol. The first-order valence-corrected chi connectivity index (χ1v) is 8.01. The second-order valence-electron chi connectivity index (χ2n) is 6.14. The Hall–Kier alpha value is -2.44. The van der Waals surface area contributed by atoms with Crippen LogP contribution >= 0.6 is 0 Å².